The van der Waals surface area contributed by atoms with Gasteiger partial charge >= 0.3 is 5.97 Å². The van der Waals surface area contributed by atoms with Crippen LogP contribution in [0, 0.1) is 20.8 Å². The number of carboxylic acid groups (broad SMARTS) is 1. The van der Waals surface area contributed by atoms with Gasteiger partial charge in [0.25, 0.3) is 0 Å². The Hall–Kier alpha value is -3.08. The first-order chi connectivity index (χ1) is 12.8. The lowest BCUT2D eigenvalue weighted by Crippen LogP contribution is -2.13. The number of carboxylic acids is 1. The van der Waals surface area contributed by atoms with Crippen LogP contribution >= 0.6 is 0 Å². The molecule has 5 nitrogen and oxygen atoms in total. The monoisotopic (exact) mass is 364 g/mol. The van der Waals surface area contributed by atoms with Crippen molar-refractivity contribution in [1.82, 2.24) is 9.78 Å². The van der Waals surface area contributed by atoms with E-state index in [9.17, 15) is 9.90 Å². The van der Waals surface area contributed by atoms with Gasteiger partial charge in [-0.2, -0.15) is 0 Å². The second kappa shape index (κ2) is 7.66. The Morgan fingerprint density at radius 3 is 2.33 bits per heavy atom. The first-order valence-corrected chi connectivity index (χ1v) is 8.94. The van der Waals surface area contributed by atoms with Crippen molar-refractivity contribution in [3.8, 4) is 5.88 Å². The van der Waals surface area contributed by atoms with Gasteiger partial charge in [0.1, 0.15) is 6.10 Å². The molecule has 27 heavy (non-hydrogen) atoms. The Kier molecular flexibility index (Phi) is 5.31. The highest BCUT2D eigenvalue weighted by Gasteiger charge is 2.18. The van der Waals surface area contributed by atoms with Crippen molar-refractivity contribution in [3.05, 3.63) is 82.0 Å². The first-order valence-electron chi connectivity index (χ1n) is 8.94. The predicted molar refractivity (Wildman–Crippen MR) is 104 cm³/mol. The number of ether oxygens (including phenoxy) is 1. The average molecular weight is 364 g/mol. The van der Waals surface area contributed by atoms with Crippen molar-refractivity contribution in [2.24, 2.45) is 0 Å². The van der Waals surface area contributed by atoms with Gasteiger partial charge in [0.05, 0.1) is 6.54 Å². The molecule has 3 rings (SSSR count). The summed E-state index contributed by atoms with van der Waals surface area (Å²) in [5, 5.41) is 14.0. The van der Waals surface area contributed by atoms with E-state index in [4.69, 9.17) is 4.74 Å². The fourth-order valence-corrected chi connectivity index (χ4v) is 3.33. The van der Waals surface area contributed by atoms with Gasteiger partial charge in [-0.15, -0.1) is 5.10 Å². The van der Waals surface area contributed by atoms with E-state index in [-0.39, 0.29) is 11.8 Å². The molecule has 0 aliphatic rings. The van der Waals surface area contributed by atoms with Gasteiger partial charge < -0.3 is 9.84 Å². The Morgan fingerprint density at radius 1 is 1.11 bits per heavy atom. The molecule has 5 heteroatoms. The average Bonchev–Trinajstić information content (AvgIpc) is 3.01. The Labute approximate surface area is 159 Å². The van der Waals surface area contributed by atoms with E-state index in [1.807, 2.05) is 51.1 Å². The van der Waals surface area contributed by atoms with Gasteiger partial charge in [0.15, 0.2) is 5.69 Å². The maximum atomic E-state index is 11.7. The highest BCUT2D eigenvalue weighted by molar-refractivity contribution is 5.86. The molecule has 0 spiro atoms. The molecule has 0 aliphatic carbocycles. The largest absolute Gasteiger partial charge is 0.477 e. The minimum absolute atomic E-state index is 0.115. The van der Waals surface area contributed by atoms with Crippen molar-refractivity contribution in [2.75, 3.05) is 0 Å². The number of rotatable bonds is 6. The summed E-state index contributed by atoms with van der Waals surface area (Å²) in [6, 6.07) is 15.5. The van der Waals surface area contributed by atoms with Gasteiger partial charge in [-0.25, -0.2) is 9.48 Å². The molecule has 1 unspecified atom stereocenters. The summed E-state index contributed by atoms with van der Waals surface area (Å²) in [5.74, 6) is -0.710. The molecule has 0 saturated heterocycles. The molecule has 1 aromatic heterocycles. The third-order valence-electron chi connectivity index (χ3n) is 4.69. The van der Waals surface area contributed by atoms with Gasteiger partial charge in [0.2, 0.25) is 5.88 Å². The smallest absolute Gasteiger partial charge is 0.354 e. The van der Waals surface area contributed by atoms with Crippen LogP contribution in [0.2, 0.25) is 0 Å². The normalized spacial score (nSPS) is 12.0. The highest BCUT2D eigenvalue weighted by atomic mass is 16.5. The van der Waals surface area contributed by atoms with Crippen LogP contribution in [0.5, 0.6) is 5.88 Å². The molecule has 1 atom stereocenters. The van der Waals surface area contributed by atoms with E-state index < -0.39 is 5.97 Å². The van der Waals surface area contributed by atoms with Gasteiger partial charge in [-0.1, -0.05) is 48.0 Å². The number of hydrogen-bond acceptors (Lipinski definition) is 3. The van der Waals surface area contributed by atoms with Gasteiger partial charge in [0, 0.05) is 6.07 Å². The van der Waals surface area contributed by atoms with Crippen molar-refractivity contribution in [2.45, 2.75) is 40.3 Å². The van der Waals surface area contributed by atoms with Crippen molar-refractivity contribution < 1.29 is 14.6 Å². The molecule has 0 bridgehead atoms. The minimum atomic E-state index is -1.02. The summed E-state index contributed by atoms with van der Waals surface area (Å²) in [7, 11) is 0. The maximum absolute atomic E-state index is 11.7. The fourth-order valence-electron chi connectivity index (χ4n) is 3.33. The third-order valence-corrected chi connectivity index (χ3v) is 4.69. The zero-order valence-electron chi connectivity index (χ0n) is 16.1. The molecule has 2 aromatic carbocycles. The van der Waals surface area contributed by atoms with E-state index in [0.717, 1.165) is 22.3 Å². The number of carbonyl (C=O) groups is 1. The van der Waals surface area contributed by atoms with E-state index in [2.05, 4.69) is 24.2 Å². The maximum Gasteiger partial charge on any atom is 0.354 e. The zero-order valence-corrected chi connectivity index (χ0v) is 16.1. The molecule has 140 valence electrons. The molecule has 0 aliphatic heterocycles. The van der Waals surface area contributed by atoms with Crippen LogP contribution in [0.4, 0.5) is 0 Å². The number of aromatic carboxylic acids is 1. The fraction of sp³-hybridized carbons (Fsp3) is 0.273. The molecule has 0 radical (unpaired) electrons. The van der Waals surface area contributed by atoms with E-state index in [1.165, 1.54) is 16.3 Å². The van der Waals surface area contributed by atoms with Gasteiger partial charge in [-0.05, 0) is 49.9 Å². The molecule has 0 amide bonds. The standard InChI is InChI=1S/C22H24N2O3/c1-14-10-15(2)19(16(3)11-14)13-24-20(22(25)26)12-21(23-24)27-17(4)18-8-6-5-7-9-18/h5-12,17H,13H2,1-4H3,(H,25,26). The number of benzene rings is 2. The lowest BCUT2D eigenvalue weighted by Gasteiger charge is -2.13. The van der Waals surface area contributed by atoms with Crippen LogP contribution in [0.15, 0.2) is 48.5 Å². The summed E-state index contributed by atoms with van der Waals surface area (Å²) in [5.41, 5.74) is 5.64. The summed E-state index contributed by atoms with van der Waals surface area (Å²) in [6.07, 6.45) is -0.223. The number of hydrogen-bond donors (Lipinski definition) is 1. The quantitative estimate of drug-likeness (QED) is 0.689. The molecule has 3 aromatic rings. The van der Waals surface area contributed by atoms with Crippen molar-refractivity contribution in [1.29, 1.82) is 0 Å². The zero-order chi connectivity index (χ0) is 19.6. The molecule has 0 saturated carbocycles. The predicted octanol–water partition coefficient (Wildman–Crippen LogP) is 4.69. The second-order valence-electron chi connectivity index (χ2n) is 6.88. The second-order valence-corrected chi connectivity index (χ2v) is 6.88. The molecule has 1 heterocycles. The van der Waals surface area contributed by atoms with E-state index >= 15 is 0 Å². The van der Waals surface area contributed by atoms with Crippen LogP contribution in [0.25, 0.3) is 0 Å². The van der Waals surface area contributed by atoms with Gasteiger partial charge in [-0.3, -0.25) is 0 Å². The van der Waals surface area contributed by atoms with E-state index in [1.54, 1.807) is 0 Å². The Morgan fingerprint density at radius 2 is 1.74 bits per heavy atom. The molecule has 0 fully saturated rings. The van der Waals surface area contributed by atoms with Crippen LogP contribution in [0.1, 0.15) is 51.3 Å². The minimum Gasteiger partial charge on any atom is -0.477 e. The lowest BCUT2D eigenvalue weighted by molar-refractivity contribution is 0.0684. The first kappa shape index (κ1) is 18.7. The topological polar surface area (TPSA) is 64.4 Å². The summed E-state index contributed by atoms with van der Waals surface area (Å²) < 4.78 is 7.39. The Bertz CT molecular complexity index is 938. The van der Waals surface area contributed by atoms with Crippen molar-refractivity contribution in [3.63, 3.8) is 0 Å². The summed E-state index contributed by atoms with van der Waals surface area (Å²) in [6.45, 7) is 8.44. The van der Waals surface area contributed by atoms with Crippen LogP contribution < -0.4 is 4.74 Å². The van der Waals surface area contributed by atoms with Crippen LogP contribution in [-0.4, -0.2) is 20.9 Å². The van der Waals surface area contributed by atoms with Crippen LogP contribution in [-0.2, 0) is 6.54 Å². The van der Waals surface area contributed by atoms with Crippen LogP contribution in [0.3, 0.4) is 0 Å². The molecular formula is C22H24N2O3. The number of aryl methyl sites for hydroxylation is 3. The lowest BCUT2D eigenvalue weighted by atomic mass is 10.00. The Balaban J connectivity index is 1.89. The third kappa shape index (κ3) is 4.19. The van der Waals surface area contributed by atoms with E-state index in [0.29, 0.717) is 12.4 Å². The summed E-state index contributed by atoms with van der Waals surface area (Å²) >= 11 is 0. The number of nitrogens with zero attached hydrogens (tertiary/aromatic N) is 2. The SMILES string of the molecule is Cc1cc(C)c(Cn2nc(OC(C)c3ccccc3)cc2C(=O)O)c(C)c1. The highest BCUT2D eigenvalue weighted by Crippen LogP contribution is 2.24. The van der Waals surface area contributed by atoms with Crippen molar-refractivity contribution >= 4 is 5.97 Å². The molecular weight excluding hydrogens is 340 g/mol. The summed E-state index contributed by atoms with van der Waals surface area (Å²) in [4.78, 5) is 11.7. The molecule has 1 N–H and O–H groups in total. The number of aromatic nitrogens is 2.